The maximum Gasteiger partial charge on any atom is 0.270 e. The van der Waals surface area contributed by atoms with Gasteiger partial charge in [-0.3, -0.25) is 14.9 Å². The lowest BCUT2D eigenvalue weighted by Gasteiger charge is -2.25. The molecule has 0 saturated heterocycles. The van der Waals surface area contributed by atoms with Gasteiger partial charge in [0.2, 0.25) is 0 Å². The molecule has 1 aromatic rings. The van der Waals surface area contributed by atoms with Crippen molar-refractivity contribution in [2.45, 2.75) is 13.3 Å². The molecule has 5 nitrogen and oxygen atoms in total. The van der Waals surface area contributed by atoms with Crippen molar-refractivity contribution in [2.75, 3.05) is 13.1 Å². The van der Waals surface area contributed by atoms with Crippen molar-refractivity contribution in [1.82, 2.24) is 4.90 Å². The molecule has 1 aliphatic heterocycles. The van der Waals surface area contributed by atoms with Gasteiger partial charge in [-0.1, -0.05) is 11.6 Å². The summed E-state index contributed by atoms with van der Waals surface area (Å²) in [6.07, 6.45) is 2.64. The third-order valence-electron chi connectivity index (χ3n) is 3.11. The zero-order valence-corrected chi connectivity index (χ0v) is 10.4. The van der Waals surface area contributed by atoms with Gasteiger partial charge in [0.15, 0.2) is 0 Å². The van der Waals surface area contributed by atoms with Crippen LogP contribution in [0, 0.1) is 15.9 Å². The van der Waals surface area contributed by atoms with Crippen LogP contribution in [0.15, 0.2) is 29.8 Å². The fourth-order valence-corrected chi connectivity index (χ4v) is 1.92. The molecule has 100 valence electrons. The van der Waals surface area contributed by atoms with Crippen molar-refractivity contribution in [3.05, 3.63) is 51.3 Å². The van der Waals surface area contributed by atoms with Crippen LogP contribution in [0.25, 0.3) is 0 Å². The molecule has 0 N–H and O–H groups in total. The lowest BCUT2D eigenvalue weighted by Crippen LogP contribution is -2.35. The van der Waals surface area contributed by atoms with Crippen LogP contribution in [0.4, 0.5) is 10.1 Å². The minimum Gasteiger partial charge on any atom is -0.335 e. The maximum atomic E-state index is 13.6. The summed E-state index contributed by atoms with van der Waals surface area (Å²) >= 11 is 0. The zero-order valence-electron chi connectivity index (χ0n) is 10.4. The number of nitro groups is 1. The van der Waals surface area contributed by atoms with E-state index >= 15 is 0 Å². The van der Waals surface area contributed by atoms with Crippen molar-refractivity contribution in [3.63, 3.8) is 0 Å². The summed E-state index contributed by atoms with van der Waals surface area (Å²) in [6, 6.07) is 2.99. The second-order valence-corrected chi connectivity index (χ2v) is 4.47. The smallest absolute Gasteiger partial charge is 0.270 e. The average molecular weight is 264 g/mol. The lowest BCUT2D eigenvalue weighted by molar-refractivity contribution is -0.384. The number of hydrogen-bond donors (Lipinski definition) is 0. The van der Waals surface area contributed by atoms with Gasteiger partial charge < -0.3 is 4.90 Å². The molecule has 0 saturated carbocycles. The Balaban J connectivity index is 2.28. The highest BCUT2D eigenvalue weighted by atomic mass is 19.1. The van der Waals surface area contributed by atoms with E-state index in [-0.39, 0.29) is 11.3 Å². The van der Waals surface area contributed by atoms with E-state index in [1.807, 2.05) is 13.0 Å². The van der Waals surface area contributed by atoms with Crippen LogP contribution in [0.1, 0.15) is 23.7 Å². The van der Waals surface area contributed by atoms with Crippen LogP contribution < -0.4 is 0 Å². The predicted octanol–water partition coefficient (Wildman–Crippen LogP) is 2.53. The summed E-state index contributed by atoms with van der Waals surface area (Å²) in [5.74, 6) is -1.24. The topological polar surface area (TPSA) is 63.5 Å². The summed E-state index contributed by atoms with van der Waals surface area (Å²) in [6.45, 7) is 2.88. The Morgan fingerprint density at radius 3 is 2.79 bits per heavy atom. The first kappa shape index (κ1) is 13.2. The molecule has 0 radical (unpaired) electrons. The van der Waals surface area contributed by atoms with Gasteiger partial charge in [-0.2, -0.15) is 0 Å². The van der Waals surface area contributed by atoms with Crippen LogP contribution in [0.3, 0.4) is 0 Å². The summed E-state index contributed by atoms with van der Waals surface area (Å²) in [7, 11) is 0. The molecule has 2 rings (SSSR count). The molecule has 1 amide bonds. The fourth-order valence-electron chi connectivity index (χ4n) is 1.92. The summed E-state index contributed by atoms with van der Waals surface area (Å²) in [5, 5.41) is 10.7. The Bertz CT molecular complexity index is 569. The predicted molar refractivity (Wildman–Crippen MR) is 67.3 cm³/mol. The quantitative estimate of drug-likeness (QED) is 0.468. The first-order valence-electron chi connectivity index (χ1n) is 5.88. The Hall–Kier alpha value is -2.24. The number of halogens is 1. The van der Waals surface area contributed by atoms with E-state index < -0.39 is 16.6 Å². The van der Waals surface area contributed by atoms with Gasteiger partial charge in [0.25, 0.3) is 11.6 Å². The number of carbonyl (C=O) groups excluding carboxylic acids is 1. The van der Waals surface area contributed by atoms with Crippen LogP contribution in [-0.4, -0.2) is 28.8 Å². The third-order valence-corrected chi connectivity index (χ3v) is 3.11. The molecule has 1 heterocycles. The molecule has 6 heteroatoms. The van der Waals surface area contributed by atoms with E-state index in [1.165, 1.54) is 10.5 Å². The minimum absolute atomic E-state index is 0.248. The highest BCUT2D eigenvalue weighted by Crippen LogP contribution is 2.20. The lowest BCUT2D eigenvalue weighted by atomic mass is 10.1. The van der Waals surface area contributed by atoms with Crippen LogP contribution >= 0.6 is 0 Å². The monoisotopic (exact) mass is 264 g/mol. The molecule has 19 heavy (non-hydrogen) atoms. The number of benzene rings is 1. The first-order valence-corrected chi connectivity index (χ1v) is 5.88. The van der Waals surface area contributed by atoms with E-state index in [2.05, 4.69) is 0 Å². The Labute approximate surface area is 109 Å². The van der Waals surface area contributed by atoms with Crippen molar-refractivity contribution >= 4 is 11.6 Å². The molecule has 0 fully saturated rings. The van der Waals surface area contributed by atoms with Gasteiger partial charge in [0, 0.05) is 25.2 Å². The number of hydrogen-bond acceptors (Lipinski definition) is 3. The van der Waals surface area contributed by atoms with Gasteiger partial charge in [-0.05, 0) is 19.4 Å². The molecule has 1 aromatic carbocycles. The molecular formula is C13H13FN2O3. The molecule has 1 aliphatic rings. The second-order valence-electron chi connectivity index (χ2n) is 4.47. The van der Waals surface area contributed by atoms with E-state index in [0.29, 0.717) is 13.1 Å². The van der Waals surface area contributed by atoms with Crippen LogP contribution in [0.2, 0.25) is 0 Å². The summed E-state index contributed by atoms with van der Waals surface area (Å²) in [5.41, 5.74) is 0.652. The zero-order chi connectivity index (χ0) is 14.0. The number of nitrogens with zero attached hydrogens (tertiary/aromatic N) is 2. The summed E-state index contributed by atoms with van der Waals surface area (Å²) < 4.78 is 13.6. The maximum absolute atomic E-state index is 13.6. The number of carbonyl (C=O) groups is 1. The van der Waals surface area contributed by atoms with E-state index in [4.69, 9.17) is 0 Å². The standard InChI is InChI=1S/C13H13FN2O3/c1-9-4-6-15(7-5-9)13(17)11-8-10(16(18)19)2-3-12(11)14/h2-4,8H,5-7H2,1H3. The first-order chi connectivity index (χ1) is 8.99. The van der Waals surface area contributed by atoms with Gasteiger partial charge in [-0.15, -0.1) is 0 Å². The van der Waals surface area contributed by atoms with Gasteiger partial charge >= 0.3 is 0 Å². The van der Waals surface area contributed by atoms with Crippen molar-refractivity contribution in [2.24, 2.45) is 0 Å². The normalized spacial score (nSPS) is 15.1. The number of non-ortho nitro benzene ring substituents is 1. The summed E-state index contributed by atoms with van der Waals surface area (Å²) in [4.78, 5) is 23.6. The van der Waals surface area contributed by atoms with Crippen LogP contribution in [-0.2, 0) is 0 Å². The molecule has 0 atom stereocenters. The third kappa shape index (κ3) is 2.78. The molecule has 0 spiro atoms. The van der Waals surface area contributed by atoms with E-state index in [0.717, 1.165) is 24.6 Å². The Morgan fingerprint density at radius 1 is 1.47 bits per heavy atom. The molecule has 0 aliphatic carbocycles. The molecular weight excluding hydrogens is 251 g/mol. The number of amides is 1. The van der Waals surface area contributed by atoms with Gasteiger partial charge in [-0.25, -0.2) is 4.39 Å². The van der Waals surface area contributed by atoms with Gasteiger partial charge in [0.1, 0.15) is 5.82 Å². The Morgan fingerprint density at radius 2 is 2.21 bits per heavy atom. The largest absolute Gasteiger partial charge is 0.335 e. The number of rotatable bonds is 2. The SMILES string of the molecule is CC1=CCN(C(=O)c2cc([N+](=O)[O-])ccc2F)CC1. The van der Waals surface area contributed by atoms with Crippen molar-refractivity contribution < 1.29 is 14.1 Å². The van der Waals surface area contributed by atoms with Crippen LogP contribution in [0.5, 0.6) is 0 Å². The molecule has 0 unspecified atom stereocenters. The fraction of sp³-hybridized carbons (Fsp3) is 0.308. The highest BCUT2D eigenvalue weighted by molar-refractivity contribution is 5.95. The molecule has 0 aromatic heterocycles. The minimum atomic E-state index is -0.734. The van der Waals surface area contributed by atoms with Crippen molar-refractivity contribution in [1.29, 1.82) is 0 Å². The van der Waals surface area contributed by atoms with Crippen molar-refractivity contribution in [3.8, 4) is 0 Å². The second kappa shape index (κ2) is 5.17. The molecule has 0 bridgehead atoms. The highest BCUT2D eigenvalue weighted by Gasteiger charge is 2.22. The van der Waals surface area contributed by atoms with E-state index in [9.17, 15) is 19.3 Å². The number of nitro benzene ring substituents is 1. The Kier molecular flexibility index (Phi) is 3.59. The van der Waals surface area contributed by atoms with Gasteiger partial charge in [0.05, 0.1) is 10.5 Å². The average Bonchev–Trinajstić information content (AvgIpc) is 2.39. The van der Waals surface area contributed by atoms with E-state index in [1.54, 1.807) is 0 Å².